The Hall–Kier alpha value is -6.90. The van der Waals surface area contributed by atoms with Gasteiger partial charge in [-0.05, 0) is 97.1 Å². The molecule has 2 nitrogen and oxygen atoms in total. The molecule has 0 saturated heterocycles. The minimum atomic E-state index is -0.416. The first kappa shape index (κ1) is 27.8. The van der Waals surface area contributed by atoms with Crippen LogP contribution in [0, 0.1) is 0 Å². The standard InChI is InChI=1S/C51H29NO/c1-2-12-32(13-3-1)51-40-18-8-6-15-35(40)39-25-28-44-49(50(39)51)48-43(26-22-30-11-10-19-41(51)47(30)48)52(44)42-27-24-33(34-14-4-5-16-36(34)42)31-21-23-38-37-17-7-9-20-45(37)53-46(38)29-31/h1-29H. The van der Waals surface area contributed by atoms with Crippen molar-refractivity contribution < 1.29 is 4.42 Å². The van der Waals surface area contributed by atoms with Gasteiger partial charge < -0.3 is 8.98 Å². The summed E-state index contributed by atoms with van der Waals surface area (Å²) in [7, 11) is 0. The van der Waals surface area contributed by atoms with E-state index >= 15 is 0 Å². The smallest absolute Gasteiger partial charge is 0.136 e. The highest BCUT2D eigenvalue weighted by molar-refractivity contribution is 6.28. The summed E-state index contributed by atoms with van der Waals surface area (Å²) in [6.07, 6.45) is 0. The number of rotatable bonds is 3. The molecule has 1 atom stereocenters. The van der Waals surface area contributed by atoms with Gasteiger partial charge in [0.1, 0.15) is 11.2 Å². The van der Waals surface area contributed by atoms with Gasteiger partial charge in [-0.1, -0.05) is 140 Å². The van der Waals surface area contributed by atoms with Gasteiger partial charge in [-0.15, -0.1) is 0 Å². The summed E-state index contributed by atoms with van der Waals surface area (Å²) in [5.74, 6) is 0. The van der Waals surface area contributed by atoms with Crippen LogP contribution >= 0.6 is 0 Å². The van der Waals surface area contributed by atoms with E-state index in [1.165, 1.54) is 88.0 Å². The molecule has 0 spiro atoms. The van der Waals surface area contributed by atoms with Crippen LogP contribution in [0.3, 0.4) is 0 Å². The Morgan fingerprint density at radius 1 is 0.415 bits per heavy atom. The van der Waals surface area contributed by atoms with E-state index in [9.17, 15) is 0 Å². The maximum atomic E-state index is 6.34. The fraction of sp³-hybridized carbons (Fsp3) is 0.0196. The first-order valence-corrected chi connectivity index (χ1v) is 18.4. The zero-order valence-electron chi connectivity index (χ0n) is 28.6. The quantitative estimate of drug-likeness (QED) is 0.183. The second kappa shape index (κ2) is 9.70. The van der Waals surface area contributed by atoms with E-state index in [1.807, 2.05) is 12.1 Å². The van der Waals surface area contributed by atoms with Crippen molar-refractivity contribution in [2.75, 3.05) is 0 Å². The van der Waals surface area contributed by atoms with Crippen LogP contribution in [0.25, 0.3) is 93.2 Å². The van der Waals surface area contributed by atoms with Gasteiger partial charge in [0.15, 0.2) is 0 Å². The topological polar surface area (TPSA) is 18.1 Å². The Labute approximate surface area is 304 Å². The Balaban J connectivity index is 1.14. The van der Waals surface area contributed by atoms with Crippen LogP contribution in [0.5, 0.6) is 0 Å². The van der Waals surface area contributed by atoms with Crippen molar-refractivity contribution in [2.24, 2.45) is 0 Å². The number of nitrogens with zero attached hydrogens (tertiary/aromatic N) is 1. The van der Waals surface area contributed by atoms with Gasteiger partial charge in [0.2, 0.25) is 0 Å². The second-order valence-corrected chi connectivity index (χ2v) is 14.7. The van der Waals surface area contributed by atoms with Crippen molar-refractivity contribution in [2.45, 2.75) is 5.41 Å². The summed E-state index contributed by atoms with van der Waals surface area (Å²) in [6.45, 7) is 0. The van der Waals surface area contributed by atoms with Crippen molar-refractivity contribution in [3.63, 3.8) is 0 Å². The number of hydrogen-bond acceptors (Lipinski definition) is 1. The Kier molecular flexibility index (Phi) is 5.08. The van der Waals surface area contributed by atoms with Crippen molar-refractivity contribution in [1.82, 2.24) is 4.57 Å². The minimum absolute atomic E-state index is 0.416. The van der Waals surface area contributed by atoms with Gasteiger partial charge in [0, 0.05) is 26.9 Å². The monoisotopic (exact) mass is 671 g/mol. The van der Waals surface area contributed by atoms with Gasteiger partial charge in [0.05, 0.1) is 22.1 Å². The summed E-state index contributed by atoms with van der Waals surface area (Å²) in [5, 5.41) is 10.1. The SMILES string of the molecule is c1ccc(C23c4ccccc4-c4ccc5c(c42)c2c4c3cccc4ccc2n5-c2ccc(-c3ccc4c(c3)oc3ccccc34)c3ccccc23)cc1. The summed E-state index contributed by atoms with van der Waals surface area (Å²) in [5.41, 5.74) is 15.6. The first-order chi connectivity index (χ1) is 26.3. The van der Waals surface area contributed by atoms with Gasteiger partial charge in [-0.2, -0.15) is 0 Å². The number of para-hydroxylation sites is 1. The van der Waals surface area contributed by atoms with Crippen molar-refractivity contribution in [1.29, 1.82) is 0 Å². The Bertz CT molecular complexity index is 3400. The van der Waals surface area contributed by atoms with E-state index < -0.39 is 5.41 Å². The lowest BCUT2D eigenvalue weighted by atomic mass is 9.63. The van der Waals surface area contributed by atoms with Crippen LogP contribution in [0.15, 0.2) is 180 Å². The van der Waals surface area contributed by atoms with Gasteiger partial charge in [-0.3, -0.25) is 0 Å². The summed E-state index contributed by atoms with van der Waals surface area (Å²) >= 11 is 0. The summed E-state index contributed by atoms with van der Waals surface area (Å²) in [6, 6.07) is 65.2. The molecule has 2 heterocycles. The molecule has 244 valence electrons. The van der Waals surface area contributed by atoms with Gasteiger partial charge in [0.25, 0.3) is 0 Å². The molecule has 53 heavy (non-hydrogen) atoms. The van der Waals surface area contributed by atoms with Crippen LogP contribution in [0.2, 0.25) is 0 Å². The van der Waals surface area contributed by atoms with E-state index in [0.29, 0.717) is 0 Å². The van der Waals surface area contributed by atoms with Crippen LogP contribution in [0.1, 0.15) is 22.3 Å². The second-order valence-electron chi connectivity index (χ2n) is 14.7. The van der Waals surface area contributed by atoms with Gasteiger partial charge >= 0.3 is 0 Å². The highest BCUT2D eigenvalue weighted by Gasteiger charge is 2.50. The molecule has 0 aliphatic heterocycles. The Morgan fingerprint density at radius 2 is 1.13 bits per heavy atom. The maximum Gasteiger partial charge on any atom is 0.136 e. The van der Waals surface area contributed by atoms with Crippen molar-refractivity contribution in [3.05, 3.63) is 198 Å². The first-order valence-electron chi connectivity index (χ1n) is 18.4. The molecule has 2 aliphatic carbocycles. The fourth-order valence-electron chi connectivity index (χ4n) is 10.4. The highest BCUT2D eigenvalue weighted by atomic mass is 16.3. The third-order valence-electron chi connectivity index (χ3n) is 12.4. The van der Waals surface area contributed by atoms with E-state index in [4.69, 9.17) is 4.42 Å². The van der Waals surface area contributed by atoms with E-state index in [2.05, 4.69) is 168 Å². The van der Waals surface area contributed by atoms with Crippen LogP contribution in [0.4, 0.5) is 0 Å². The molecule has 1 unspecified atom stereocenters. The number of hydrogen-bond donors (Lipinski definition) is 0. The molecule has 0 bridgehead atoms. The predicted octanol–water partition coefficient (Wildman–Crippen LogP) is 13.3. The lowest BCUT2D eigenvalue weighted by Crippen LogP contribution is -2.30. The van der Waals surface area contributed by atoms with Crippen LogP contribution < -0.4 is 0 Å². The molecule has 2 aliphatic rings. The molecule has 11 aromatic rings. The predicted molar refractivity (Wildman–Crippen MR) is 219 cm³/mol. The molecule has 13 rings (SSSR count). The number of benzene rings is 9. The third kappa shape index (κ3) is 3.27. The molecule has 0 N–H and O–H groups in total. The van der Waals surface area contributed by atoms with Crippen LogP contribution in [-0.4, -0.2) is 4.57 Å². The van der Waals surface area contributed by atoms with E-state index in [1.54, 1.807) is 0 Å². The molecule has 0 amide bonds. The van der Waals surface area contributed by atoms with E-state index in [-0.39, 0.29) is 0 Å². The third-order valence-corrected chi connectivity index (χ3v) is 12.4. The average molecular weight is 672 g/mol. The highest BCUT2D eigenvalue weighted by Crippen LogP contribution is 2.63. The molecule has 0 radical (unpaired) electrons. The zero-order valence-corrected chi connectivity index (χ0v) is 28.6. The molecule has 9 aromatic carbocycles. The average Bonchev–Trinajstić information content (AvgIpc) is 3.87. The normalized spacial score (nSPS) is 15.6. The summed E-state index contributed by atoms with van der Waals surface area (Å²) < 4.78 is 8.88. The zero-order chi connectivity index (χ0) is 34.4. The molecule has 0 fully saturated rings. The maximum absolute atomic E-state index is 6.34. The van der Waals surface area contributed by atoms with Crippen LogP contribution in [-0.2, 0) is 5.41 Å². The Morgan fingerprint density at radius 3 is 2.06 bits per heavy atom. The van der Waals surface area contributed by atoms with Crippen molar-refractivity contribution >= 4 is 65.3 Å². The number of furan rings is 1. The van der Waals surface area contributed by atoms with Gasteiger partial charge in [-0.25, -0.2) is 0 Å². The molecular weight excluding hydrogens is 643 g/mol. The molecular formula is C51H29NO. The largest absolute Gasteiger partial charge is 0.456 e. The number of fused-ring (bicyclic) bond motifs is 8. The summed E-state index contributed by atoms with van der Waals surface area (Å²) in [4.78, 5) is 0. The lowest BCUT2D eigenvalue weighted by Gasteiger charge is -2.37. The molecule has 2 aromatic heterocycles. The number of aromatic nitrogens is 1. The van der Waals surface area contributed by atoms with Crippen molar-refractivity contribution in [3.8, 4) is 27.9 Å². The molecule has 2 heteroatoms. The lowest BCUT2D eigenvalue weighted by molar-refractivity contribution is 0.669. The van der Waals surface area contributed by atoms with E-state index in [0.717, 1.165) is 27.5 Å². The minimum Gasteiger partial charge on any atom is -0.456 e. The molecule has 0 saturated carbocycles. The fourth-order valence-corrected chi connectivity index (χ4v) is 10.4.